The van der Waals surface area contributed by atoms with Crippen LogP contribution in [-0.4, -0.2) is 32.6 Å². The van der Waals surface area contributed by atoms with Crippen molar-refractivity contribution in [2.24, 2.45) is 5.92 Å². The first kappa shape index (κ1) is 18.2. The molecule has 0 amide bonds. The van der Waals surface area contributed by atoms with Gasteiger partial charge in [-0.3, -0.25) is 0 Å². The van der Waals surface area contributed by atoms with Crippen molar-refractivity contribution < 1.29 is 35.3 Å². The molecule has 0 aromatic heterocycles. The molecule has 0 heterocycles. The zero-order valence-corrected chi connectivity index (χ0v) is 12.5. The van der Waals surface area contributed by atoms with Crippen LogP contribution in [0.15, 0.2) is 0 Å². The van der Waals surface area contributed by atoms with Crippen molar-refractivity contribution in [2.75, 3.05) is 6.61 Å². The molecule has 0 spiro atoms. The fourth-order valence-electron chi connectivity index (χ4n) is 2.16. The minimum absolute atomic E-state index is 0.0357. The van der Waals surface area contributed by atoms with E-state index >= 15 is 0 Å². The third kappa shape index (κ3) is 5.14. The second kappa shape index (κ2) is 7.44. The average molecular weight is 332 g/mol. The molecule has 124 valence electrons. The number of esters is 1. The number of carbonyl (C=O) groups excluding carboxylic acids is 1. The number of alkyl halides is 3. The molecule has 0 unspecified atom stereocenters. The second-order valence-electron chi connectivity index (χ2n) is 4.98. The number of carbonyl (C=O) groups is 1. The molecule has 5 nitrogen and oxygen atoms in total. The van der Waals surface area contributed by atoms with Crippen molar-refractivity contribution in [2.45, 2.75) is 57.1 Å². The molecule has 1 aliphatic rings. The molecule has 0 aromatic carbocycles. The van der Waals surface area contributed by atoms with Crippen molar-refractivity contribution in [3.63, 3.8) is 0 Å². The first-order valence-electron chi connectivity index (χ1n) is 6.85. The van der Waals surface area contributed by atoms with Gasteiger partial charge in [0.2, 0.25) is 0 Å². The molecule has 0 N–H and O–H groups in total. The Labute approximate surface area is 121 Å². The summed E-state index contributed by atoms with van der Waals surface area (Å²) in [5.41, 5.74) is -5.55. The molecular formula is C12H19F3O5S. The van der Waals surface area contributed by atoms with Crippen LogP contribution in [0.5, 0.6) is 0 Å². The van der Waals surface area contributed by atoms with E-state index in [9.17, 15) is 26.4 Å². The summed E-state index contributed by atoms with van der Waals surface area (Å²) in [6, 6.07) is 0. The number of halogens is 3. The van der Waals surface area contributed by atoms with E-state index in [1.54, 1.807) is 0 Å². The molecule has 0 radical (unpaired) electrons. The zero-order chi connectivity index (χ0) is 16.1. The maximum absolute atomic E-state index is 12.4. The van der Waals surface area contributed by atoms with Gasteiger partial charge in [0.1, 0.15) is 0 Å². The Morgan fingerprint density at radius 1 is 1.29 bits per heavy atom. The van der Waals surface area contributed by atoms with Crippen LogP contribution in [0, 0.1) is 5.92 Å². The van der Waals surface area contributed by atoms with Gasteiger partial charge in [0.05, 0.1) is 6.61 Å². The van der Waals surface area contributed by atoms with Crippen LogP contribution >= 0.6 is 0 Å². The molecule has 0 aromatic rings. The van der Waals surface area contributed by atoms with Gasteiger partial charge in [-0.05, 0) is 25.2 Å². The van der Waals surface area contributed by atoms with E-state index in [4.69, 9.17) is 4.74 Å². The van der Waals surface area contributed by atoms with Crippen LogP contribution in [0.4, 0.5) is 13.2 Å². The van der Waals surface area contributed by atoms with Crippen molar-refractivity contribution >= 4 is 16.1 Å². The lowest BCUT2D eigenvalue weighted by molar-refractivity contribution is -0.155. The first-order valence-corrected chi connectivity index (χ1v) is 8.26. The summed E-state index contributed by atoms with van der Waals surface area (Å²) in [5.74, 6) is -1.60. The van der Waals surface area contributed by atoms with Gasteiger partial charge in [-0.15, -0.1) is 0 Å². The van der Waals surface area contributed by atoms with Crippen LogP contribution in [0.25, 0.3) is 0 Å². The van der Waals surface area contributed by atoms with E-state index in [0.717, 1.165) is 19.3 Å². The molecule has 1 fully saturated rings. The van der Waals surface area contributed by atoms with Crippen LogP contribution in [0.3, 0.4) is 0 Å². The molecule has 21 heavy (non-hydrogen) atoms. The summed E-state index contributed by atoms with van der Waals surface area (Å²) < 4.78 is 68.3. The monoisotopic (exact) mass is 332 g/mol. The molecule has 0 bridgehead atoms. The Morgan fingerprint density at radius 2 is 1.86 bits per heavy atom. The van der Waals surface area contributed by atoms with Gasteiger partial charge in [0.25, 0.3) is 0 Å². The first-order chi connectivity index (χ1) is 9.69. The van der Waals surface area contributed by atoms with Crippen LogP contribution in [0.1, 0.15) is 45.4 Å². The summed E-state index contributed by atoms with van der Waals surface area (Å²) >= 11 is 0. The Bertz CT molecular complexity index is 440. The summed E-state index contributed by atoms with van der Waals surface area (Å²) in [5, 5.41) is 0. The molecule has 1 saturated carbocycles. The summed E-state index contributed by atoms with van der Waals surface area (Å²) in [6.45, 7) is 1.89. The number of ether oxygens (including phenoxy) is 1. The predicted octanol–water partition coefficient (Wildman–Crippen LogP) is 2.75. The van der Waals surface area contributed by atoms with E-state index in [-0.39, 0.29) is 6.61 Å². The van der Waals surface area contributed by atoms with Crippen molar-refractivity contribution in [3.8, 4) is 0 Å². The van der Waals surface area contributed by atoms with E-state index in [0.29, 0.717) is 19.3 Å². The van der Waals surface area contributed by atoms with Crippen LogP contribution in [-0.2, 0) is 23.8 Å². The lowest BCUT2D eigenvalue weighted by atomic mass is 10.0. The minimum atomic E-state index is -5.81. The molecule has 0 aliphatic heterocycles. The third-order valence-electron chi connectivity index (χ3n) is 3.32. The fourth-order valence-corrected chi connectivity index (χ4v) is 2.78. The highest BCUT2D eigenvalue weighted by molar-refractivity contribution is 7.87. The topological polar surface area (TPSA) is 69.7 Å². The highest BCUT2D eigenvalue weighted by atomic mass is 32.2. The Kier molecular flexibility index (Phi) is 6.45. The molecule has 1 rings (SSSR count). The largest absolute Gasteiger partial charge is 0.523 e. The number of unbranched alkanes of at least 4 members (excludes halogenated alkanes) is 1. The summed E-state index contributed by atoms with van der Waals surface area (Å²) in [4.78, 5) is 11.8. The number of hydrogen-bond acceptors (Lipinski definition) is 5. The van der Waals surface area contributed by atoms with E-state index in [2.05, 4.69) is 4.18 Å². The minimum Gasteiger partial charge on any atom is -0.464 e. The van der Waals surface area contributed by atoms with Gasteiger partial charge in [-0.25, -0.2) is 8.98 Å². The van der Waals surface area contributed by atoms with Crippen molar-refractivity contribution in [1.29, 1.82) is 0 Å². The summed E-state index contributed by atoms with van der Waals surface area (Å²) in [6.07, 6.45) is 1.91. The maximum atomic E-state index is 12.4. The van der Waals surface area contributed by atoms with Gasteiger partial charge in [0, 0.05) is 0 Å². The van der Waals surface area contributed by atoms with E-state index in [1.165, 1.54) is 0 Å². The van der Waals surface area contributed by atoms with Gasteiger partial charge >= 0.3 is 21.6 Å². The molecule has 1 atom stereocenters. The Hall–Kier alpha value is -0.830. The number of rotatable bonds is 7. The van der Waals surface area contributed by atoms with Crippen LogP contribution in [0.2, 0.25) is 0 Å². The van der Waals surface area contributed by atoms with Gasteiger partial charge in [-0.1, -0.05) is 26.2 Å². The Balaban J connectivity index is 2.80. The molecule has 1 aliphatic carbocycles. The van der Waals surface area contributed by atoms with Gasteiger partial charge in [-0.2, -0.15) is 21.6 Å². The highest BCUT2D eigenvalue weighted by Crippen LogP contribution is 2.34. The average Bonchev–Trinajstić information content (AvgIpc) is 2.88. The third-order valence-corrected chi connectivity index (χ3v) is 4.34. The quantitative estimate of drug-likeness (QED) is 0.310. The molecular weight excluding hydrogens is 313 g/mol. The smallest absolute Gasteiger partial charge is 0.464 e. The van der Waals surface area contributed by atoms with Gasteiger partial charge < -0.3 is 4.74 Å². The second-order valence-corrected chi connectivity index (χ2v) is 6.55. The highest BCUT2D eigenvalue weighted by Gasteiger charge is 2.51. The molecule has 0 saturated heterocycles. The van der Waals surface area contributed by atoms with Crippen LogP contribution < -0.4 is 0 Å². The van der Waals surface area contributed by atoms with Gasteiger partial charge in [0.15, 0.2) is 6.10 Å². The fraction of sp³-hybridized carbons (Fsp3) is 0.917. The summed E-state index contributed by atoms with van der Waals surface area (Å²) in [7, 11) is -5.81. The lowest BCUT2D eigenvalue weighted by Gasteiger charge is -2.22. The lowest BCUT2D eigenvalue weighted by Crippen LogP contribution is -2.39. The SMILES string of the molecule is CCCCOC(=O)[C@H](OS(=O)(=O)C(F)(F)F)C1CCCC1. The standard InChI is InChI=1S/C12H19F3O5S/c1-2-3-8-19-11(16)10(9-6-4-5-7-9)20-21(17,18)12(13,14)15/h9-10H,2-8H2,1H3/t10-/m1/s1. The normalized spacial score (nSPS) is 18.7. The number of hydrogen-bond donors (Lipinski definition) is 0. The Morgan fingerprint density at radius 3 is 2.33 bits per heavy atom. The van der Waals surface area contributed by atoms with E-state index < -0.39 is 33.6 Å². The zero-order valence-electron chi connectivity index (χ0n) is 11.7. The maximum Gasteiger partial charge on any atom is 0.523 e. The molecule has 9 heteroatoms. The van der Waals surface area contributed by atoms with Crippen molar-refractivity contribution in [1.82, 2.24) is 0 Å². The van der Waals surface area contributed by atoms with Crippen molar-refractivity contribution in [3.05, 3.63) is 0 Å². The predicted molar refractivity (Wildman–Crippen MR) is 67.7 cm³/mol. The van der Waals surface area contributed by atoms with E-state index in [1.807, 2.05) is 6.92 Å².